The van der Waals surface area contributed by atoms with Crippen molar-refractivity contribution in [1.29, 1.82) is 0 Å². The number of allylic oxidation sites excluding steroid dienone is 1. The summed E-state index contributed by atoms with van der Waals surface area (Å²) in [5.74, 6) is -0.199. The number of phenols is 1. The fourth-order valence-electron chi connectivity index (χ4n) is 1.41. The summed E-state index contributed by atoms with van der Waals surface area (Å²) in [6.45, 7) is 5.75. The summed E-state index contributed by atoms with van der Waals surface area (Å²) in [6.07, 6.45) is 3.24. The van der Waals surface area contributed by atoms with Crippen LogP contribution in [0, 0.1) is 0 Å². The molecule has 1 aromatic rings. The molecule has 0 spiro atoms. The Labute approximate surface area is 110 Å². The van der Waals surface area contributed by atoms with Crippen LogP contribution in [0.4, 0.5) is 0 Å². The van der Waals surface area contributed by atoms with Gasteiger partial charge in [0, 0.05) is 29.8 Å². The van der Waals surface area contributed by atoms with Crippen molar-refractivity contribution in [2.75, 3.05) is 13.1 Å². The smallest absolute Gasteiger partial charge is 0.190 e. The highest BCUT2D eigenvalue weighted by Gasteiger charge is 2.08. The van der Waals surface area contributed by atoms with Gasteiger partial charge in [0.2, 0.25) is 0 Å². The summed E-state index contributed by atoms with van der Waals surface area (Å²) in [5, 5.41) is 9.64. The average molecular weight is 298 g/mol. The van der Waals surface area contributed by atoms with Crippen molar-refractivity contribution in [2.24, 2.45) is 0 Å². The first kappa shape index (κ1) is 13.8. The lowest BCUT2D eigenvalue weighted by Gasteiger charge is -2.14. The van der Waals surface area contributed by atoms with Crippen LogP contribution in [0.15, 0.2) is 34.9 Å². The molecule has 0 heterocycles. The number of carbonyl (C=O) groups is 1. The van der Waals surface area contributed by atoms with Gasteiger partial charge in [-0.2, -0.15) is 0 Å². The van der Waals surface area contributed by atoms with Gasteiger partial charge in [0.1, 0.15) is 5.75 Å². The molecule has 1 rings (SSSR count). The highest BCUT2D eigenvalue weighted by atomic mass is 79.9. The molecule has 3 nitrogen and oxygen atoms in total. The monoisotopic (exact) mass is 297 g/mol. The van der Waals surface area contributed by atoms with Gasteiger partial charge in [-0.25, -0.2) is 0 Å². The lowest BCUT2D eigenvalue weighted by molar-refractivity contribution is 0.104. The molecule has 17 heavy (non-hydrogen) atoms. The lowest BCUT2D eigenvalue weighted by Crippen LogP contribution is -2.15. The Morgan fingerprint density at radius 2 is 2.06 bits per heavy atom. The SMILES string of the molecule is CCN(/C=C/C(=O)c1ccc(Br)cc1O)CC. The van der Waals surface area contributed by atoms with Gasteiger partial charge in [-0.1, -0.05) is 15.9 Å². The Balaban J connectivity index is 2.83. The third kappa shape index (κ3) is 3.89. The molecule has 0 atom stereocenters. The van der Waals surface area contributed by atoms with Gasteiger partial charge in [0.25, 0.3) is 0 Å². The van der Waals surface area contributed by atoms with Crippen molar-refractivity contribution >= 4 is 21.7 Å². The van der Waals surface area contributed by atoms with Gasteiger partial charge in [0.15, 0.2) is 5.78 Å². The molecule has 4 heteroatoms. The van der Waals surface area contributed by atoms with Crippen molar-refractivity contribution in [3.8, 4) is 5.75 Å². The van der Waals surface area contributed by atoms with Crippen LogP contribution in [0.2, 0.25) is 0 Å². The van der Waals surface area contributed by atoms with Crippen molar-refractivity contribution in [3.05, 3.63) is 40.5 Å². The molecule has 1 aromatic carbocycles. The van der Waals surface area contributed by atoms with Gasteiger partial charge in [-0.3, -0.25) is 4.79 Å². The first-order chi connectivity index (χ1) is 8.08. The second kappa shape index (κ2) is 6.45. The lowest BCUT2D eigenvalue weighted by atomic mass is 10.1. The maximum Gasteiger partial charge on any atom is 0.190 e. The van der Waals surface area contributed by atoms with Crippen LogP contribution >= 0.6 is 15.9 Å². The van der Waals surface area contributed by atoms with Crippen LogP contribution in [-0.2, 0) is 0 Å². The van der Waals surface area contributed by atoms with E-state index < -0.39 is 0 Å². The molecule has 0 saturated carbocycles. The van der Waals surface area contributed by atoms with Crippen LogP contribution in [0.5, 0.6) is 5.75 Å². The molecule has 0 unspecified atom stereocenters. The standard InChI is InChI=1S/C13H16BrNO2/c1-3-15(4-2)8-7-12(16)11-6-5-10(14)9-13(11)17/h5-9,17H,3-4H2,1-2H3/b8-7+. The summed E-state index contributed by atoms with van der Waals surface area (Å²) in [4.78, 5) is 13.8. The molecule has 0 aromatic heterocycles. The van der Waals surface area contributed by atoms with E-state index in [4.69, 9.17) is 0 Å². The zero-order chi connectivity index (χ0) is 12.8. The largest absolute Gasteiger partial charge is 0.507 e. The number of hydrogen-bond acceptors (Lipinski definition) is 3. The number of ketones is 1. The zero-order valence-electron chi connectivity index (χ0n) is 9.98. The average Bonchev–Trinajstić information content (AvgIpc) is 2.30. The topological polar surface area (TPSA) is 40.5 Å². The van der Waals surface area contributed by atoms with E-state index in [1.54, 1.807) is 18.3 Å². The van der Waals surface area contributed by atoms with Crippen LogP contribution in [0.1, 0.15) is 24.2 Å². The Kier molecular flexibility index (Phi) is 5.22. The molecule has 0 fully saturated rings. The number of halogens is 1. The molecule has 0 aliphatic rings. The molecule has 0 bridgehead atoms. The van der Waals surface area contributed by atoms with Gasteiger partial charge in [-0.15, -0.1) is 0 Å². The second-order valence-electron chi connectivity index (χ2n) is 3.56. The first-order valence-electron chi connectivity index (χ1n) is 5.53. The van der Waals surface area contributed by atoms with E-state index >= 15 is 0 Å². The fraction of sp³-hybridized carbons (Fsp3) is 0.308. The number of benzene rings is 1. The van der Waals surface area contributed by atoms with Crippen LogP contribution in [-0.4, -0.2) is 28.9 Å². The van der Waals surface area contributed by atoms with Gasteiger partial charge < -0.3 is 10.0 Å². The Hall–Kier alpha value is -1.29. The van der Waals surface area contributed by atoms with Crippen molar-refractivity contribution < 1.29 is 9.90 Å². The zero-order valence-corrected chi connectivity index (χ0v) is 11.6. The highest BCUT2D eigenvalue weighted by molar-refractivity contribution is 9.10. The van der Waals surface area contributed by atoms with Crippen LogP contribution in [0.3, 0.4) is 0 Å². The van der Waals surface area contributed by atoms with E-state index in [0.29, 0.717) is 5.56 Å². The number of phenolic OH excluding ortho intramolecular Hbond substituents is 1. The van der Waals surface area contributed by atoms with E-state index in [1.165, 1.54) is 12.1 Å². The van der Waals surface area contributed by atoms with Crippen molar-refractivity contribution in [3.63, 3.8) is 0 Å². The summed E-state index contributed by atoms with van der Waals surface area (Å²) in [7, 11) is 0. The number of rotatable bonds is 5. The van der Waals surface area contributed by atoms with E-state index in [-0.39, 0.29) is 11.5 Å². The molecule has 0 saturated heterocycles. The minimum atomic E-state index is -0.193. The predicted molar refractivity (Wildman–Crippen MR) is 72.2 cm³/mol. The van der Waals surface area contributed by atoms with Crippen molar-refractivity contribution in [1.82, 2.24) is 4.90 Å². The highest BCUT2D eigenvalue weighted by Crippen LogP contribution is 2.22. The first-order valence-corrected chi connectivity index (χ1v) is 6.32. The minimum Gasteiger partial charge on any atom is -0.507 e. The molecule has 92 valence electrons. The molecule has 1 N–H and O–H groups in total. The number of carbonyl (C=O) groups excluding carboxylic acids is 1. The normalized spacial score (nSPS) is 10.8. The number of nitrogens with zero attached hydrogens (tertiary/aromatic N) is 1. The second-order valence-corrected chi connectivity index (χ2v) is 4.48. The molecular formula is C13H16BrNO2. The Morgan fingerprint density at radius 3 is 2.59 bits per heavy atom. The van der Waals surface area contributed by atoms with E-state index in [1.807, 2.05) is 18.7 Å². The number of aromatic hydroxyl groups is 1. The van der Waals surface area contributed by atoms with Crippen LogP contribution < -0.4 is 0 Å². The summed E-state index contributed by atoms with van der Waals surface area (Å²) in [5.41, 5.74) is 0.316. The predicted octanol–water partition coefficient (Wildman–Crippen LogP) is 3.19. The quantitative estimate of drug-likeness (QED) is 0.670. The maximum absolute atomic E-state index is 11.8. The van der Waals surface area contributed by atoms with Gasteiger partial charge in [0.05, 0.1) is 5.56 Å². The maximum atomic E-state index is 11.8. The minimum absolute atomic E-state index is 0.00595. The Bertz CT molecular complexity index is 425. The summed E-state index contributed by atoms with van der Waals surface area (Å²) in [6, 6.07) is 4.85. The number of hydrogen-bond donors (Lipinski definition) is 1. The molecule has 0 aliphatic heterocycles. The molecule has 0 aliphatic carbocycles. The third-order valence-corrected chi connectivity index (χ3v) is 2.97. The van der Waals surface area contributed by atoms with E-state index in [0.717, 1.165) is 17.6 Å². The molecular weight excluding hydrogens is 282 g/mol. The van der Waals surface area contributed by atoms with E-state index in [9.17, 15) is 9.90 Å². The van der Waals surface area contributed by atoms with Gasteiger partial charge >= 0.3 is 0 Å². The van der Waals surface area contributed by atoms with E-state index in [2.05, 4.69) is 15.9 Å². The van der Waals surface area contributed by atoms with Crippen LogP contribution in [0.25, 0.3) is 0 Å². The summed E-state index contributed by atoms with van der Waals surface area (Å²) >= 11 is 3.23. The van der Waals surface area contributed by atoms with Gasteiger partial charge in [-0.05, 0) is 32.0 Å². The third-order valence-electron chi connectivity index (χ3n) is 2.47. The molecule has 0 radical (unpaired) electrons. The summed E-state index contributed by atoms with van der Waals surface area (Å²) < 4.78 is 0.749. The Morgan fingerprint density at radius 1 is 1.41 bits per heavy atom. The van der Waals surface area contributed by atoms with Crippen molar-refractivity contribution in [2.45, 2.75) is 13.8 Å². The molecule has 0 amide bonds. The fourth-order valence-corrected chi connectivity index (χ4v) is 1.76.